The van der Waals surface area contributed by atoms with E-state index < -0.39 is 11.5 Å². The molecular weight excluding hydrogens is 348 g/mol. The monoisotopic (exact) mass is 364 g/mol. The molecule has 0 spiro atoms. The van der Waals surface area contributed by atoms with Crippen LogP contribution < -0.4 is 10.3 Å². The van der Waals surface area contributed by atoms with Gasteiger partial charge >= 0.3 is 5.97 Å². The first kappa shape index (κ1) is 16.8. The number of carbonyl (C=O) groups is 1. The molecule has 2 aromatic heterocycles. The smallest absolute Gasteiger partial charge is 0.326 e. The Balaban J connectivity index is 1.40. The topological polar surface area (TPSA) is 83.6 Å². The van der Waals surface area contributed by atoms with Crippen molar-refractivity contribution in [3.8, 4) is 5.75 Å². The summed E-state index contributed by atoms with van der Waals surface area (Å²) < 4.78 is 17.3. The lowest BCUT2D eigenvalue weighted by Gasteiger charge is -2.08. The van der Waals surface area contributed by atoms with Crippen LogP contribution in [0.15, 0.2) is 70.1 Å². The van der Waals surface area contributed by atoms with E-state index in [1.165, 1.54) is 10.9 Å². The highest BCUT2D eigenvalue weighted by atomic mass is 16.6. The minimum atomic E-state index is -0.550. The summed E-state index contributed by atoms with van der Waals surface area (Å²) in [5.74, 6) is 0.148. The van der Waals surface area contributed by atoms with Crippen molar-refractivity contribution in [1.29, 1.82) is 0 Å². The van der Waals surface area contributed by atoms with Crippen LogP contribution in [0.5, 0.6) is 5.75 Å². The zero-order valence-corrected chi connectivity index (χ0v) is 14.3. The van der Waals surface area contributed by atoms with E-state index in [4.69, 9.17) is 13.9 Å². The van der Waals surface area contributed by atoms with Gasteiger partial charge in [-0.1, -0.05) is 30.3 Å². The summed E-state index contributed by atoms with van der Waals surface area (Å²) in [5.41, 5.74) is 0.763. The van der Waals surface area contributed by atoms with Gasteiger partial charge in [0, 0.05) is 5.39 Å². The van der Waals surface area contributed by atoms with Crippen molar-refractivity contribution >= 4 is 28.0 Å². The van der Waals surface area contributed by atoms with Crippen LogP contribution in [-0.4, -0.2) is 28.7 Å². The van der Waals surface area contributed by atoms with E-state index in [1.807, 2.05) is 48.5 Å². The average molecular weight is 364 g/mol. The van der Waals surface area contributed by atoms with E-state index in [9.17, 15) is 9.59 Å². The maximum atomic E-state index is 12.5. The molecule has 2 heterocycles. The predicted molar refractivity (Wildman–Crippen MR) is 98.7 cm³/mol. The van der Waals surface area contributed by atoms with Crippen LogP contribution in [0.25, 0.3) is 22.1 Å². The standard InChI is InChI=1S/C20H16N2O5/c23-17(26-11-10-25-14-6-2-1-3-7-14)12-22-13-21-18-15-8-4-5-9-16(15)27-19(18)20(22)24/h1-9,13H,10-12H2. The molecule has 0 N–H and O–H groups in total. The lowest BCUT2D eigenvalue weighted by atomic mass is 10.2. The zero-order chi connectivity index (χ0) is 18.6. The molecule has 0 atom stereocenters. The fraction of sp³-hybridized carbons (Fsp3) is 0.150. The second-order valence-electron chi connectivity index (χ2n) is 5.84. The van der Waals surface area contributed by atoms with Gasteiger partial charge in [0.05, 0.1) is 6.33 Å². The molecule has 2 aromatic carbocycles. The molecule has 136 valence electrons. The molecule has 0 fully saturated rings. The van der Waals surface area contributed by atoms with Crippen molar-refractivity contribution in [1.82, 2.24) is 9.55 Å². The lowest BCUT2D eigenvalue weighted by Crippen LogP contribution is -2.26. The first-order valence-electron chi connectivity index (χ1n) is 8.42. The Bertz CT molecular complexity index is 1150. The molecule has 7 heteroatoms. The van der Waals surface area contributed by atoms with E-state index in [2.05, 4.69) is 4.98 Å². The van der Waals surface area contributed by atoms with Gasteiger partial charge in [0.15, 0.2) is 0 Å². The molecule has 7 nitrogen and oxygen atoms in total. The van der Waals surface area contributed by atoms with Gasteiger partial charge in [-0.05, 0) is 24.3 Å². The Labute approximate surface area is 153 Å². The van der Waals surface area contributed by atoms with Crippen molar-refractivity contribution in [3.05, 3.63) is 71.3 Å². The SMILES string of the molecule is O=C(Cn1cnc2c(oc3ccccc32)c1=O)OCCOc1ccccc1. The number of esters is 1. The molecule has 0 radical (unpaired) electrons. The van der Waals surface area contributed by atoms with Crippen molar-refractivity contribution in [2.75, 3.05) is 13.2 Å². The molecule has 0 aliphatic heterocycles. The summed E-state index contributed by atoms with van der Waals surface area (Å²) in [5, 5.41) is 0.761. The molecule has 0 aliphatic rings. The molecule has 0 aliphatic carbocycles. The maximum absolute atomic E-state index is 12.5. The van der Waals surface area contributed by atoms with Crippen LogP contribution in [0.4, 0.5) is 0 Å². The van der Waals surface area contributed by atoms with Crippen molar-refractivity contribution in [2.24, 2.45) is 0 Å². The zero-order valence-electron chi connectivity index (χ0n) is 14.3. The molecule has 27 heavy (non-hydrogen) atoms. The summed E-state index contributed by atoms with van der Waals surface area (Å²) in [6.45, 7) is 0.0679. The average Bonchev–Trinajstić information content (AvgIpc) is 3.08. The van der Waals surface area contributed by atoms with Gasteiger partial charge in [-0.15, -0.1) is 0 Å². The van der Waals surface area contributed by atoms with E-state index in [-0.39, 0.29) is 25.3 Å². The maximum Gasteiger partial charge on any atom is 0.326 e. The Morgan fingerprint density at radius 1 is 1.04 bits per heavy atom. The molecule has 0 bridgehead atoms. The Hall–Kier alpha value is -3.61. The second kappa shape index (κ2) is 7.33. The van der Waals surface area contributed by atoms with Gasteiger partial charge < -0.3 is 13.9 Å². The van der Waals surface area contributed by atoms with Gasteiger partial charge in [0.25, 0.3) is 5.56 Å². The van der Waals surface area contributed by atoms with E-state index in [0.29, 0.717) is 16.8 Å². The van der Waals surface area contributed by atoms with Crippen LogP contribution in [0, 0.1) is 0 Å². The molecule has 4 rings (SSSR count). The van der Waals surface area contributed by atoms with Gasteiger partial charge in [-0.3, -0.25) is 14.2 Å². The van der Waals surface area contributed by atoms with Crippen LogP contribution >= 0.6 is 0 Å². The lowest BCUT2D eigenvalue weighted by molar-refractivity contribution is -0.145. The van der Waals surface area contributed by atoms with E-state index in [1.54, 1.807) is 6.07 Å². The third kappa shape index (κ3) is 3.52. The number of para-hydroxylation sites is 2. The Morgan fingerprint density at radius 3 is 2.67 bits per heavy atom. The summed E-state index contributed by atoms with van der Waals surface area (Å²) in [7, 11) is 0. The van der Waals surface area contributed by atoms with Crippen molar-refractivity contribution in [2.45, 2.75) is 6.54 Å². The highest BCUT2D eigenvalue weighted by Gasteiger charge is 2.14. The Kier molecular flexibility index (Phi) is 4.57. The number of ether oxygens (including phenoxy) is 2. The number of benzene rings is 2. The molecule has 0 saturated carbocycles. The minimum Gasteiger partial charge on any atom is -0.490 e. The number of carbonyl (C=O) groups excluding carboxylic acids is 1. The number of furan rings is 1. The number of hydrogen-bond acceptors (Lipinski definition) is 6. The Morgan fingerprint density at radius 2 is 1.81 bits per heavy atom. The summed E-state index contributed by atoms with van der Waals surface area (Å²) in [6, 6.07) is 16.5. The van der Waals surface area contributed by atoms with Gasteiger partial charge in [-0.25, -0.2) is 4.98 Å². The predicted octanol–water partition coefficient (Wildman–Crippen LogP) is 2.76. The highest BCUT2D eigenvalue weighted by Crippen LogP contribution is 2.23. The molecular formula is C20H16N2O5. The molecule has 0 amide bonds. The molecule has 0 saturated heterocycles. The van der Waals surface area contributed by atoms with E-state index in [0.717, 1.165) is 5.39 Å². The van der Waals surface area contributed by atoms with E-state index >= 15 is 0 Å². The van der Waals surface area contributed by atoms with Gasteiger partial charge in [0.1, 0.15) is 36.6 Å². The summed E-state index contributed by atoms with van der Waals surface area (Å²) in [6.07, 6.45) is 1.33. The van der Waals surface area contributed by atoms with Crippen LogP contribution in [0.2, 0.25) is 0 Å². The third-order valence-electron chi connectivity index (χ3n) is 4.01. The number of fused-ring (bicyclic) bond motifs is 3. The minimum absolute atomic E-state index is 0.0861. The fourth-order valence-corrected chi connectivity index (χ4v) is 2.74. The first-order valence-corrected chi connectivity index (χ1v) is 8.42. The van der Waals surface area contributed by atoms with Gasteiger partial charge in [-0.2, -0.15) is 0 Å². The first-order chi connectivity index (χ1) is 13.2. The van der Waals surface area contributed by atoms with Crippen molar-refractivity contribution in [3.63, 3.8) is 0 Å². The fourth-order valence-electron chi connectivity index (χ4n) is 2.74. The quantitative estimate of drug-likeness (QED) is 0.386. The van der Waals surface area contributed by atoms with Crippen LogP contribution in [-0.2, 0) is 16.1 Å². The number of aromatic nitrogens is 2. The largest absolute Gasteiger partial charge is 0.490 e. The van der Waals surface area contributed by atoms with Crippen LogP contribution in [0.1, 0.15) is 0 Å². The second-order valence-corrected chi connectivity index (χ2v) is 5.84. The number of hydrogen-bond donors (Lipinski definition) is 0. The molecule has 4 aromatic rings. The highest BCUT2D eigenvalue weighted by molar-refractivity contribution is 6.01. The number of rotatable bonds is 6. The summed E-state index contributed by atoms with van der Waals surface area (Å²) >= 11 is 0. The number of nitrogens with zero attached hydrogens (tertiary/aromatic N) is 2. The summed E-state index contributed by atoms with van der Waals surface area (Å²) in [4.78, 5) is 28.8. The van der Waals surface area contributed by atoms with Crippen molar-refractivity contribution < 1.29 is 18.7 Å². The van der Waals surface area contributed by atoms with Gasteiger partial charge in [0.2, 0.25) is 5.58 Å². The molecule has 0 unspecified atom stereocenters. The third-order valence-corrected chi connectivity index (χ3v) is 4.01. The van der Waals surface area contributed by atoms with Crippen LogP contribution in [0.3, 0.4) is 0 Å². The normalized spacial score (nSPS) is 11.0.